The summed E-state index contributed by atoms with van der Waals surface area (Å²) in [6, 6.07) is 26.6. The highest BCUT2D eigenvalue weighted by molar-refractivity contribution is 7.92. The Morgan fingerprint density at radius 3 is 1.96 bits per heavy atom. The van der Waals surface area contributed by atoms with Gasteiger partial charge in [-0.1, -0.05) is 89.9 Å². The first-order chi connectivity index (χ1) is 21.7. The van der Waals surface area contributed by atoms with E-state index in [1.165, 1.54) is 17.0 Å². The monoisotopic (exact) mass is 679 g/mol. The number of hydrogen-bond donors (Lipinski definition) is 1. The summed E-state index contributed by atoms with van der Waals surface area (Å²) in [7, 11) is -4.21. The molecular weight excluding hydrogens is 641 g/mol. The van der Waals surface area contributed by atoms with E-state index in [0.29, 0.717) is 26.9 Å². The third-order valence-electron chi connectivity index (χ3n) is 7.61. The first-order valence-corrected chi connectivity index (χ1v) is 17.1. The zero-order valence-corrected chi connectivity index (χ0v) is 29.0. The number of benzene rings is 4. The van der Waals surface area contributed by atoms with Crippen LogP contribution in [-0.2, 0) is 32.6 Å². The minimum Gasteiger partial charge on any atom is -0.350 e. The van der Waals surface area contributed by atoms with Crippen molar-refractivity contribution >= 4 is 50.7 Å². The molecule has 0 aliphatic heterocycles. The Morgan fingerprint density at radius 1 is 0.804 bits per heavy atom. The Labute approximate surface area is 282 Å². The van der Waals surface area contributed by atoms with Crippen LogP contribution in [0.1, 0.15) is 43.0 Å². The van der Waals surface area contributed by atoms with Crippen molar-refractivity contribution in [2.75, 3.05) is 10.8 Å². The van der Waals surface area contributed by atoms with Crippen LogP contribution >= 0.6 is 23.2 Å². The summed E-state index contributed by atoms with van der Waals surface area (Å²) >= 11 is 13.2. The number of nitrogens with one attached hydrogen (secondary N) is 1. The molecule has 4 rings (SSSR count). The number of nitrogens with zero attached hydrogens (tertiary/aromatic N) is 2. The van der Waals surface area contributed by atoms with Crippen LogP contribution in [0.2, 0.25) is 10.0 Å². The van der Waals surface area contributed by atoms with Crippen LogP contribution in [0.5, 0.6) is 0 Å². The topological polar surface area (TPSA) is 86.8 Å². The van der Waals surface area contributed by atoms with Gasteiger partial charge in [0.2, 0.25) is 11.8 Å². The number of carbonyl (C=O) groups is 2. The van der Waals surface area contributed by atoms with Crippen molar-refractivity contribution in [1.29, 1.82) is 0 Å². The number of carbonyl (C=O) groups excluding carboxylic acids is 2. The average Bonchev–Trinajstić information content (AvgIpc) is 3.00. The third kappa shape index (κ3) is 8.49. The molecule has 0 aliphatic rings. The predicted octanol–water partition coefficient (Wildman–Crippen LogP) is 7.36. The van der Waals surface area contributed by atoms with Crippen LogP contribution in [0, 0.1) is 13.8 Å². The Bertz CT molecular complexity index is 1770. The maximum Gasteiger partial charge on any atom is 0.264 e. The van der Waals surface area contributed by atoms with Crippen LogP contribution in [0.4, 0.5) is 5.69 Å². The average molecular weight is 681 g/mol. The van der Waals surface area contributed by atoms with E-state index in [-0.39, 0.29) is 17.9 Å². The molecule has 0 saturated heterocycles. The maximum atomic E-state index is 14.7. The molecule has 2 amide bonds. The van der Waals surface area contributed by atoms with Crippen LogP contribution in [0.15, 0.2) is 102 Å². The molecule has 0 radical (unpaired) electrons. The molecule has 0 bridgehead atoms. The number of sulfonamides is 1. The lowest BCUT2D eigenvalue weighted by atomic mass is 10.0. The fraction of sp³-hybridized carbons (Fsp3) is 0.278. The van der Waals surface area contributed by atoms with Crippen molar-refractivity contribution in [1.82, 2.24) is 10.2 Å². The first kappa shape index (κ1) is 35.0. The number of halogens is 2. The van der Waals surface area contributed by atoms with Crippen LogP contribution in [0.3, 0.4) is 0 Å². The van der Waals surface area contributed by atoms with Crippen LogP contribution < -0.4 is 9.62 Å². The molecule has 0 aromatic heterocycles. The van der Waals surface area contributed by atoms with Crippen LogP contribution in [0.25, 0.3) is 0 Å². The highest BCUT2D eigenvalue weighted by atomic mass is 35.5. The van der Waals surface area contributed by atoms with Gasteiger partial charge in [0.25, 0.3) is 10.0 Å². The zero-order valence-electron chi connectivity index (χ0n) is 26.6. The number of amides is 2. The van der Waals surface area contributed by atoms with Gasteiger partial charge in [-0.3, -0.25) is 13.9 Å². The molecule has 0 heterocycles. The standard InChI is InChI=1S/C36H39Cl2N3O4S/c1-25-14-12-21-32(26(25)2)41(46(44,45)28-17-10-7-11-18-28)24-34(42)40(23-29-30(37)19-13-20-31(29)38)33(35(43)39-36(3,4)5)22-27-15-8-6-9-16-27/h6-21,33H,22-24H2,1-5H3,(H,39,43)/t33-/m0/s1. The minimum atomic E-state index is -4.21. The smallest absolute Gasteiger partial charge is 0.264 e. The van der Waals surface area contributed by atoms with E-state index in [9.17, 15) is 18.0 Å². The van der Waals surface area contributed by atoms with Gasteiger partial charge in [0, 0.05) is 34.1 Å². The summed E-state index contributed by atoms with van der Waals surface area (Å²) in [5, 5.41) is 3.66. The van der Waals surface area contributed by atoms with E-state index >= 15 is 0 Å². The fourth-order valence-electron chi connectivity index (χ4n) is 5.10. The third-order valence-corrected chi connectivity index (χ3v) is 10.1. The number of rotatable bonds is 11. The van der Waals surface area contributed by atoms with Crippen molar-refractivity contribution < 1.29 is 18.0 Å². The largest absolute Gasteiger partial charge is 0.350 e. The zero-order chi connectivity index (χ0) is 33.6. The Hall–Kier alpha value is -3.85. The second-order valence-electron chi connectivity index (χ2n) is 12.2. The van der Waals surface area contributed by atoms with Crippen molar-refractivity contribution in [2.24, 2.45) is 0 Å². The number of hydrogen-bond acceptors (Lipinski definition) is 4. The summed E-state index contributed by atoms with van der Waals surface area (Å²) in [5.74, 6) is -0.988. The fourth-order valence-corrected chi connectivity index (χ4v) is 7.11. The summed E-state index contributed by atoms with van der Waals surface area (Å²) in [6.45, 7) is 8.57. The maximum absolute atomic E-state index is 14.7. The molecule has 4 aromatic carbocycles. The molecule has 10 heteroatoms. The molecule has 1 N–H and O–H groups in total. The summed E-state index contributed by atoms with van der Waals surface area (Å²) < 4.78 is 29.6. The second-order valence-corrected chi connectivity index (χ2v) is 14.9. The lowest BCUT2D eigenvalue weighted by molar-refractivity contribution is -0.140. The van der Waals surface area contributed by atoms with Gasteiger partial charge >= 0.3 is 0 Å². The van der Waals surface area contributed by atoms with E-state index in [2.05, 4.69) is 5.32 Å². The molecule has 242 valence electrons. The molecule has 4 aromatic rings. The van der Waals surface area contributed by atoms with E-state index in [0.717, 1.165) is 15.4 Å². The van der Waals surface area contributed by atoms with Crippen molar-refractivity contribution in [3.63, 3.8) is 0 Å². The SMILES string of the molecule is Cc1cccc(N(CC(=O)N(Cc2c(Cl)cccc2Cl)[C@@H](Cc2ccccc2)C(=O)NC(C)(C)C)S(=O)(=O)c2ccccc2)c1C. The molecule has 0 aliphatic carbocycles. The molecule has 0 unspecified atom stereocenters. The molecule has 1 atom stereocenters. The van der Waals surface area contributed by atoms with Gasteiger partial charge in [-0.2, -0.15) is 0 Å². The van der Waals surface area contributed by atoms with Crippen molar-refractivity contribution in [3.8, 4) is 0 Å². The van der Waals surface area contributed by atoms with Gasteiger partial charge < -0.3 is 10.2 Å². The normalized spacial score (nSPS) is 12.3. The van der Waals surface area contributed by atoms with Gasteiger partial charge in [-0.25, -0.2) is 8.42 Å². The van der Waals surface area contributed by atoms with E-state index in [1.54, 1.807) is 48.5 Å². The summed E-state index contributed by atoms with van der Waals surface area (Å²) in [6.07, 6.45) is 0.172. The molecular formula is C36H39Cl2N3O4S. The van der Waals surface area contributed by atoms with Crippen LogP contribution in [-0.4, -0.2) is 43.3 Å². The highest BCUT2D eigenvalue weighted by Crippen LogP contribution is 2.31. The summed E-state index contributed by atoms with van der Waals surface area (Å²) in [4.78, 5) is 30.1. The Kier molecular flexibility index (Phi) is 11.2. The lowest BCUT2D eigenvalue weighted by Gasteiger charge is -2.36. The van der Waals surface area contributed by atoms with E-state index < -0.39 is 40.0 Å². The highest BCUT2D eigenvalue weighted by Gasteiger charge is 2.36. The predicted molar refractivity (Wildman–Crippen MR) is 186 cm³/mol. The van der Waals surface area contributed by atoms with Gasteiger partial charge in [0.1, 0.15) is 12.6 Å². The van der Waals surface area contributed by atoms with Crippen molar-refractivity contribution in [3.05, 3.63) is 129 Å². The van der Waals surface area contributed by atoms with E-state index in [4.69, 9.17) is 23.2 Å². The van der Waals surface area contributed by atoms with Crippen molar-refractivity contribution in [2.45, 2.75) is 64.1 Å². The second kappa shape index (κ2) is 14.7. The summed E-state index contributed by atoms with van der Waals surface area (Å²) in [5.41, 5.74) is 2.61. The molecule has 0 saturated carbocycles. The first-order valence-electron chi connectivity index (χ1n) is 14.9. The van der Waals surface area contributed by atoms with Gasteiger partial charge in [0.05, 0.1) is 10.6 Å². The molecule has 0 fully saturated rings. The minimum absolute atomic E-state index is 0.0377. The number of aryl methyl sites for hydroxylation is 1. The molecule has 46 heavy (non-hydrogen) atoms. The number of anilines is 1. The van der Waals surface area contributed by atoms with Gasteiger partial charge in [-0.05, 0) is 81.6 Å². The lowest BCUT2D eigenvalue weighted by Crippen LogP contribution is -2.56. The molecule has 0 spiro atoms. The Balaban J connectivity index is 1.88. The molecule has 7 nitrogen and oxygen atoms in total. The quantitative estimate of drug-likeness (QED) is 0.179. The van der Waals surface area contributed by atoms with E-state index in [1.807, 2.05) is 71.0 Å². The van der Waals surface area contributed by atoms with Gasteiger partial charge in [-0.15, -0.1) is 0 Å². The Morgan fingerprint density at radius 2 is 1.37 bits per heavy atom. The van der Waals surface area contributed by atoms with Gasteiger partial charge in [0.15, 0.2) is 0 Å².